The van der Waals surface area contributed by atoms with Crippen molar-refractivity contribution in [2.24, 2.45) is 0 Å². The lowest BCUT2D eigenvalue weighted by molar-refractivity contribution is 0.0734. The van der Waals surface area contributed by atoms with Gasteiger partial charge in [-0.1, -0.05) is 6.92 Å². The molecule has 0 aliphatic rings. The van der Waals surface area contributed by atoms with Gasteiger partial charge in [0.2, 0.25) is 0 Å². The second kappa shape index (κ2) is 6.42. The van der Waals surface area contributed by atoms with Crippen molar-refractivity contribution in [3.63, 3.8) is 0 Å². The summed E-state index contributed by atoms with van der Waals surface area (Å²) in [6, 6.07) is 8.54. The number of carbonyl (C=O) groups excluding carboxylic acids is 1. The largest absolute Gasteiger partial charge is 0.493 e. The van der Waals surface area contributed by atoms with Gasteiger partial charge < -0.3 is 9.47 Å². The zero-order valence-corrected chi connectivity index (χ0v) is 12.9. The topological polar surface area (TPSA) is 59.3 Å². The minimum absolute atomic E-state index is 0.311. The van der Waals surface area contributed by atoms with E-state index < -0.39 is 5.97 Å². The Morgan fingerprint density at radius 3 is 2.67 bits per heavy atom. The highest BCUT2D eigenvalue weighted by atomic mass is 32.1. The average molecular weight is 301 g/mol. The first-order chi connectivity index (χ1) is 10.1. The smallest absolute Gasteiger partial charge is 0.353 e. The lowest BCUT2D eigenvalue weighted by atomic mass is 10.2. The third-order valence-corrected chi connectivity index (χ3v) is 4.40. The number of ether oxygens (including phenoxy) is 2. The standard InChI is InChI=1S/C16H15NO3S/c1-4-14-10(2)7-15(21-14)16(18)20-12-6-5-11(9-17)8-13(12)19-3/h5-8H,4H2,1-3H3. The first-order valence-electron chi connectivity index (χ1n) is 6.48. The summed E-state index contributed by atoms with van der Waals surface area (Å²) in [5.74, 6) is 0.266. The Balaban J connectivity index is 2.25. The molecule has 2 rings (SSSR count). The van der Waals surface area contributed by atoms with Gasteiger partial charge in [-0.25, -0.2) is 4.79 Å². The van der Waals surface area contributed by atoms with Crippen LogP contribution in [-0.4, -0.2) is 13.1 Å². The number of hydrogen-bond donors (Lipinski definition) is 0. The minimum atomic E-state index is -0.411. The van der Waals surface area contributed by atoms with Crippen LogP contribution in [-0.2, 0) is 6.42 Å². The van der Waals surface area contributed by atoms with Gasteiger partial charge in [0, 0.05) is 10.9 Å². The molecule has 0 amide bonds. The van der Waals surface area contributed by atoms with E-state index in [9.17, 15) is 4.79 Å². The number of thiophene rings is 1. The van der Waals surface area contributed by atoms with Crippen molar-refractivity contribution >= 4 is 17.3 Å². The second-order valence-corrected chi connectivity index (χ2v) is 5.57. The molecule has 0 unspecified atom stereocenters. The van der Waals surface area contributed by atoms with E-state index in [0.29, 0.717) is 21.9 Å². The number of rotatable bonds is 4. The molecule has 0 atom stereocenters. The van der Waals surface area contributed by atoms with Gasteiger partial charge in [0.25, 0.3) is 0 Å². The van der Waals surface area contributed by atoms with Crippen LogP contribution < -0.4 is 9.47 Å². The molecule has 21 heavy (non-hydrogen) atoms. The Morgan fingerprint density at radius 2 is 2.10 bits per heavy atom. The Kier molecular flexibility index (Phi) is 4.61. The van der Waals surface area contributed by atoms with Crippen LogP contribution in [0.5, 0.6) is 11.5 Å². The molecule has 1 heterocycles. The fraction of sp³-hybridized carbons (Fsp3) is 0.250. The van der Waals surface area contributed by atoms with Gasteiger partial charge in [0.05, 0.1) is 18.7 Å². The van der Waals surface area contributed by atoms with E-state index in [1.54, 1.807) is 18.2 Å². The number of esters is 1. The highest BCUT2D eigenvalue weighted by molar-refractivity contribution is 7.14. The van der Waals surface area contributed by atoms with Crippen LogP contribution in [0.4, 0.5) is 0 Å². The third-order valence-electron chi connectivity index (χ3n) is 3.04. The van der Waals surface area contributed by atoms with Gasteiger partial charge >= 0.3 is 5.97 Å². The zero-order valence-electron chi connectivity index (χ0n) is 12.1. The normalized spacial score (nSPS) is 10.0. The lowest BCUT2D eigenvalue weighted by Gasteiger charge is -2.08. The fourth-order valence-electron chi connectivity index (χ4n) is 1.94. The number of hydrogen-bond acceptors (Lipinski definition) is 5. The van der Waals surface area contributed by atoms with Crippen LogP contribution in [0.1, 0.15) is 32.6 Å². The van der Waals surface area contributed by atoms with Crippen LogP contribution in [0.25, 0.3) is 0 Å². The summed E-state index contributed by atoms with van der Waals surface area (Å²) in [6.45, 7) is 4.03. The maximum absolute atomic E-state index is 12.2. The zero-order chi connectivity index (χ0) is 15.4. The Bertz CT molecular complexity index is 713. The molecule has 108 valence electrons. The van der Waals surface area contributed by atoms with Gasteiger partial charge in [-0.3, -0.25) is 0 Å². The predicted octanol–water partition coefficient (Wildman–Crippen LogP) is 3.72. The number of carbonyl (C=O) groups is 1. The number of aryl methyl sites for hydroxylation is 2. The van der Waals surface area contributed by atoms with E-state index in [-0.39, 0.29) is 0 Å². The summed E-state index contributed by atoms with van der Waals surface area (Å²) in [5.41, 5.74) is 1.55. The third kappa shape index (κ3) is 3.23. The molecule has 2 aromatic rings. The SMILES string of the molecule is CCc1sc(C(=O)Oc2ccc(C#N)cc2OC)cc1C. The van der Waals surface area contributed by atoms with E-state index in [0.717, 1.165) is 12.0 Å². The Hall–Kier alpha value is -2.32. The van der Waals surface area contributed by atoms with Crippen LogP contribution in [0.15, 0.2) is 24.3 Å². The lowest BCUT2D eigenvalue weighted by Crippen LogP contribution is -2.07. The molecule has 5 heteroatoms. The van der Waals surface area contributed by atoms with E-state index in [1.165, 1.54) is 23.3 Å². The summed E-state index contributed by atoms with van der Waals surface area (Å²) in [4.78, 5) is 13.9. The molecule has 0 N–H and O–H groups in total. The monoisotopic (exact) mass is 301 g/mol. The molecule has 0 fully saturated rings. The fourth-order valence-corrected chi connectivity index (χ4v) is 2.93. The van der Waals surface area contributed by atoms with E-state index in [4.69, 9.17) is 14.7 Å². The number of benzene rings is 1. The maximum atomic E-state index is 12.2. The molecule has 0 aliphatic carbocycles. The summed E-state index contributed by atoms with van der Waals surface area (Å²) >= 11 is 1.44. The Morgan fingerprint density at radius 1 is 1.33 bits per heavy atom. The number of methoxy groups -OCH3 is 1. The van der Waals surface area contributed by atoms with E-state index >= 15 is 0 Å². The van der Waals surface area contributed by atoms with E-state index in [1.807, 2.05) is 19.1 Å². The Labute approximate surface area is 127 Å². The molecule has 0 saturated heterocycles. The highest BCUT2D eigenvalue weighted by Crippen LogP contribution is 2.30. The van der Waals surface area contributed by atoms with Crippen molar-refractivity contribution in [1.29, 1.82) is 5.26 Å². The minimum Gasteiger partial charge on any atom is -0.493 e. The van der Waals surface area contributed by atoms with Crippen molar-refractivity contribution in [2.45, 2.75) is 20.3 Å². The van der Waals surface area contributed by atoms with E-state index in [2.05, 4.69) is 6.92 Å². The summed E-state index contributed by atoms with van der Waals surface area (Å²) in [5, 5.41) is 8.86. The van der Waals surface area contributed by atoms with Crippen molar-refractivity contribution in [3.05, 3.63) is 45.1 Å². The molecule has 1 aromatic heterocycles. The molecular formula is C16H15NO3S. The second-order valence-electron chi connectivity index (χ2n) is 4.44. The van der Waals surface area contributed by atoms with Crippen molar-refractivity contribution in [2.75, 3.05) is 7.11 Å². The molecule has 0 saturated carbocycles. The molecule has 0 bridgehead atoms. The molecule has 0 radical (unpaired) electrons. The van der Waals surface area contributed by atoms with Crippen molar-refractivity contribution in [3.8, 4) is 17.6 Å². The first kappa shape index (κ1) is 15.1. The van der Waals surface area contributed by atoms with Crippen LogP contribution in [0.2, 0.25) is 0 Å². The van der Waals surface area contributed by atoms with Gasteiger partial charge in [-0.2, -0.15) is 5.26 Å². The van der Waals surface area contributed by atoms with Gasteiger partial charge in [0.15, 0.2) is 11.5 Å². The average Bonchev–Trinajstić information content (AvgIpc) is 2.88. The highest BCUT2D eigenvalue weighted by Gasteiger charge is 2.16. The van der Waals surface area contributed by atoms with Crippen LogP contribution >= 0.6 is 11.3 Å². The summed E-state index contributed by atoms with van der Waals surface area (Å²) < 4.78 is 10.5. The summed E-state index contributed by atoms with van der Waals surface area (Å²) in [6.07, 6.45) is 0.893. The first-order valence-corrected chi connectivity index (χ1v) is 7.30. The molecule has 0 aliphatic heterocycles. The molecule has 1 aromatic carbocycles. The molecule has 0 spiro atoms. The van der Waals surface area contributed by atoms with Crippen LogP contribution in [0, 0.1) is 18.3 Å². The van der Waals surface area contributed by atoms with Gasteiger partial charge in [-0.15, -0.1) is 11.3 Å². The number of nitrogens with zero attached hydrogens (tertiary/aromatic N) is 1. The van der Waals surface area contributed by atoms with Gasteiger partial charge in [-0.05, 0) is 37.1 Å². The van der Waals surface area contributed by atoms with Crippen LogP contribution in [0.3, 0.4) is 0 Å². The quantitative estimate of drug-likeness (QED) is 0.638. The molecule has 4 nitrogen and oxygen atoms in total. The molecular weight excluding hydrogens is 286 g/mol. The predicted molar refractivity (Wildman–Crippen MR) is 81.1 cm³/mol. The van der Waals surface area contributed by atoms with Crippen molar-refractivity contribution < 1.29 is 14.3 Å². The number of nitriles is 1. The van der Waals surface area contributed by atoms with Crippen molar-refractivity contribution in [1.82, 2.24) is 0 Å². The summed E-state index contributed by atoms with van der Waals surface area (Å²) in [7, 11) is 1.47. The maximum Gasteiger partial charge on any atom is 0.353 e. The van der Waals surface area contributed by atoms with Gasteiger partial charge in [0.1, 0.15) is 4.88 Å².